The van der Waals surface area contributed by atoms with Crippen LogP contribution in [-0.4, -0.2) is 0 Å². The van der Waals surface area contributed by atoms with E-state index in [0.717, 1.165) is 17.8 Å². The smallest absolute Gasteiger partial charge is 0.0351 e. The Hall–Kier alpha value is -0.260. The number of unbranched alkanes of at least 4 members (excludes halogenated alkanes) is 1. The molecule has 0 heterocycles. The van der Waals surface area contributed by atoms with Crippen molar-refractivity contribution in [2.24, 2.45) is 17.8 Å². The first-order valence-electron chi connectivity index (χ1n) is 6.24. The molecule has 0 aromatic carbocycles. The van der Waals surface area contributed by atoms with Gasteiger partial charge in [-0.25, -0.2) is 0 Å². The Morgan fingerprint density at radius 3 is 2.21 bits per heavy atom. The molecule has 0 aliphatic rings. The third-order valence-electron chi connectivity index (χ3n) is 3.30. The zero-order valence-corrected chi connectivity index (χ0v) is 10.6. The Balaban J connectivity index is 3.96. The highest BCUT2D eigenvalue weighted by atomic mass is 14.2. The molecule has 0 bridgehead atoms. The number of allylic oxidation sites excluding steroid dienone is 1. The predicted molar refractivity (Wildman–Crippen MR) is 66.4 cm³/mol. The lowest BCUT2D eigenvalue weighted by atomic mass is 9.79. The molecule has 0 amide bonds. The summed E-state index contributed by atoms with van der Waals surface area (Å²) < 4.78 is 0. The maximum absolute atomic E-state index is 3.80. The molecule has 2 atom stereocenters. The van der Waals surface area contributed by atoms with Crippen LogP contribution in [0, 0.1) is 17.8 Å². The zero-order valence-electron chi connectivity index (χ0n) is 10.6. The van der Waals surface area contributed by atoms with Gasteiger partial charge in [-0.3, -0.25) is 0 Å². The van der Waals surface area contributed by atoms with Crippen LogP contribution < -0.4 is 0 Å². The van der Waals surface area contributed by atoms with E-state index in [2.05, 4.69) is 34.3 Å². The fourth-order valence-electron chi connectivity index (χ4n) is 2.31. The highest BCUT2D eigenvalue weighted by Gasteiger charge is 2.19. The van der Waals surface area contributed by atoms with E-state index in [-0.39, 0.29) is 0 Å². The monoisotopic (exact) mass is 196 g/mol. The van der Waals surface area contributed by atoms with Crippen LogP contribution in [0.15, 0.2) is 12.7 Å². The van der Waals surface area contributed by atoms with E-state index in [0.29, 0.717) is 0 Å². The highest BCUT2D eigenvalue weighted by Crippen LogP contribution is 2.29. The summed E-state index contributed by atoms with van der Waals surface area (Å²) in [6.07, 6.45) is 8.67. The molecule has 0 nitrogen and oxygen atoms in total. The fraction of sp³-hybridized carbons (Fsp3) is 0.857. The van der Waals surface area contributed by atoms with Crippen LogP contribution in [0.1, 0.15) is 59.8 Å². The number of hydrogen-bond donors (Lipinski definition) is 0. The lowest BCUT2D eigenvalue weighted by Gasteiger charge is -2.27. The Labute approximate surface area is 90.8 Å². The molecule has 0 fully saturated rings. The summed E-state index contributed by atoms with van der Waals surface area (Å²) in [6, 6.07) is 0. The summed E-state index contributed by atoms with van der Waals surface area (Å²) in [6.45, 7) is 13.2. The van der Waals surface area contributed by atoms with E-state index in [4.69, 9.17) is 0 Å². The Kier molecular flexibility index (Phi) is 7.93. The molecule has 0 heteroatoms. The molecule has 0 aromatic heterocycles. The zero-order chi connectivity index (χ0) is 11.0. The molecule has 84 valence electrons. The van der Waals surface area contributed by atoms with Crippen LogP contribution in [0.5, 0.6) is 0 Å². The first-order chi connectivity index (χ1) is 6.63. The van der Waals surface area contributed by atoms with E-state index in [1.54, 1.807) is 0 Å². The van der Waals surface area contributed by atoms with E-state index in [1.807, 2.05) is 6.08 Å². The molecule has 0 saturated heterocycles. The van der Waals surface area contributed by atoms with Gasteiger partial charge < -0.3 is 0 Å². The minimum Gasteiger partial charge on any atom is -0.103 e. The summed E-state index contributed by atoms with van der Waals surface area (Å²) in [5.74, 6) is 2.61. The van der Waals surface area contributed by atoms with Crippen LogP contribution in [0.25, 0.3) is 0 Å². The molecule has 0 spiro atoms. The van der Waals surface area contributed by atoms with Gasteiger partial charge in [0.1, 0.15) is 0 Å². The first-order valence-corrected chi connectivity index (χ1v) is 6.24. The number of rotatable bonds is 8. The van der Waals surface area contributed by atoms with Crippen molar-refractivity contribution in [3.8, 4) is 0 Å². The molecule has 0 saturated carbocycles. The minimum absolute atomic E-state index is 0.835. The standard InChI is InChI=1S/C14H28/c1-6-8-10-13(5)14(12(3)4)11-9-7-2/h6,12-14H,1,7-11H2,2-5H3. The van der Waals surface area contributed by atoms with Crippen molar-refractivity contribution in [2.45, 2.75) is 59.8 Å². The van der Waals surface area contributed by atoms with E-state index in [1.165, 1.54) is 32.1 Å². The van der Waals surface area contributed by atoms with Crippen molar-refractivity contribution in [2.75, 3.05) is 0 Å². The Bertz CT molecular complexity index is 135. The van der Waals surface area contributed by atoms with E-state index in [9.17, 15) is 0 Å². The van der Waals surface area contributed by atoms with Gasteiger partial charge >= 0.3 is 0 Å². The van der Waals surface area contributed by atoms with Crippen molar-refractivity contribution in [3.63, 3.8) is 0 Å². The van der Waals surface area contributed by atoms with Gasteiger partial charge in [-0.2, -0.15) is 0 Å². The van der Waals surface area contributed by atoms with Crippen LogP contribution >= 0.6 is 0 Å². The third-order valence-corrected chi connectivity index (χ3v) is 3.30. The Morgan fingerprint density at radius 1 is 1.14 bits per heavy atom. The SMILES string of the molecule is C=CCCC(C)C(CCCC)C(C)C. The molecule has 2 unspecified atom stereocenters. The average molecular weight is 196 g/mol. The van der Waals surface area contributed by atoms with Gasteiger partial charge in [-0.15, -0.1) is 6.58 Å². The third kappa shape index (κ3) is 5.47. The first kappa shape index (κ1) is 13.7. The summed E-state index contributed by atoms with van der Waals surface area (Å²) in [5, 5.41) is 0. The maximum Gasteiger partial charge on any atom is -0.0351 e. The molecular weight excluding hydrogens is 168 g/mol. The second-order valence-electron chi connectivity index (χ2n) is 4.89. The van der Waals surface area contributed by atoms with E-state index < -0.39 is 0 Å². The lowest BCUT2D eigenvalue weighted by molar-refractivity contribution is 0.237. The highest BCUT2D eigenvalue weighted by molar-refractivity contribution is 4.74. The van der Waals surface area contributed by atoms with Crippen molar-refractivity contribution >= 4 is 0 Å². The van der Waals surface area contributed by atoms with Gasteiger partial charge in [0.15, 0.2) is 0 Å². The molecule has 0 aromatic rings. The largest absolute Gasteiger partial charge is 0.103 e. The molecule has 0 radical (unpaired) electrons. The summed E-state index contributed by atoms with van der Waals surface area (Å²) in [7, 11) is 0. The van der Waals surface area contributed by atoms with Gasteiger partial charge in [-0.1, -0.05) is 46.6 Å². The normalized spacial score (nSPS) is 15.5. The van der Waals surface area contributed by atoms with Gasteiger partial charge in [0.2, 0.25) is 0 Å². The molecule has 0 N–H and O–H groups in total. The van der Waals surface area contributed by atoms with Crippen LogP contribution in [0.3, 0.4) is 0 Å². The summed E-state index contributed by atoms with van der Waals surface area (Å²) in [4.78, 5) is 0. The van der Waals surface area contributed by atoms with Crippen LogP contribution in [-0.2, 0) is 0 Å². The molecule has 14 heavy (non-hydrogen) atoms. The second kappa shape index (κ2) is 8.08. The minimum atomic E-state index is 0.835. The average Bonchev–Trinajstić information content (AvgIpc) is 2.14. The summed E-state index contributed by atoms with van der Waals surface area (Å²) in [5.41, 5.74) is 0. The van der Waals surface area contributed by atoms with Crippen molar-refractivity contribution in [3.05, 3.63) is 12.7 Å². The fourth-order valence-corrected chi connectivity index (χ4v) is 2.31. The topological polar surface area (TPSA) is 0 Å². The predicted octanol–water partition coefficient (Wildman–Crippen LogP) is 5.05. The van der Waals surface area contributed by atoms with Crippen molar-refractivity contribution in [1.82, 2.24) is 0 Å². The quantitative estimate of drug-likeness (QED) is 0.476. The van der Waals surface area contributed by atoms with Gasteiger partial charge in [0.05, 0.1) is 0 Å². The van der Waals surface area contributed by atoms with Gasteiger partial charge in [0.25, 0.3) is 0 Å². The molecule has 0 rings (SSSR count). The number of hydrogen-bond acceptors (Lipinski definition) is 0. The lowest BCUT2D eigenvalue weighted by Crippen LogP contribution is -2.17. The van der Waals surface area contributed by atoms with Crippen molar-refractivity contribution in [1.29, 1.82) is 0 Å². The maximum atomic E-state index is 3.80. The second-order valence-corrected chi connectivity index (χ2v) is 4.89. The van der Waals surface area contributed by atoms with Gasteiger partial charge in [-0.05, 0) is 37.0 Å². The summed E-state index contributed by atoms with van der Waals surface area (Å²) >= 11 is 0. The molecule has 0 aliphatic carbocycles. The van der Waals surface area contributed by atoms with Crippen LogP contribution in [0.4, 0.5) is 0 Å². The Morgan fingerprint density at radius 2 is 1.79 bits per heavy atom. The van der Waals surface area contributed by atoms with Crippen molar-refractivity contribution < 1.29 is 0 Å². The molecule has 0 aliphatic heterocycles. The van der Waals surface area contributed by atoms with Crippen LogP contribution in [0.2, 0.25) is 0 Å². The van der Waals surface area contributed by atoms with Gasteiger partial charge in [0, 0.05) is 0 Å². The molecular formula is C14H28. The van der Waals surface area contributed by atoms with E-state index >= 15 is 0 Å².